The minimum atomic E-state index is 0.0883. The fourth-order valence-electron chi connectivity index (χ4n) is 2.70. The summed E-state index contributed by atoms with van der Waals surface area (Å²) in [5, 5.41) is 4.81. The fraction of sp³-hybridized carbons (Fsp3) is 0.579. The third-order valence-electron chi connectivity index (χ3n) is 3.97. The maximum Gasteiger partial charge on any atom is 0.138 e. The Hall–Kier alpha value is -1.28. The van der Waals surface area contributed by atoms with Gasteiger partial charge in [0.2, 0.25) is 0 Å². The molecule has 0 aliphatic heterocycles. The molecule has 1 heterocycles. The van der Waals surface area contributed by atoms with Crippen molar-refractivity contribution in [2.24, 2.45) is 0 Å². The molecule has 2 nitrogen and oxygen atoms in total. The van der Waals surface area contributed by atoms with E-state index in [9.17, 15) is 0 Å². The molecule has 0 radical (unpaired) electrons. The number of benzene rings is 1. The van der Waals surface area contributed by atoms with Gasteiger partial charge >= 0.3 is 0 Å². The van der Waals surface area contributed by atoms with Crippen LogP contribution in [0.15, 0.2) is 16.5 Å². The Bertz CT molecular complexity index is 651. The minimum absolute atomic E-state index is 0.0883. The van der Waals surface area contributed by atoms with Gasteiger partial charge in [-0.1, -0.05) is 32.9 Å². The number of rotatable bonds is 2. The molecule has 2 heteroatoms. The van der Waals surface area contributed by atoms with Crippen LogP contribution in [0.1, 0.15) is 64.0 Å². The van der Waals surface area contributed by atoms with Crippen molar-refractivity contribution in [1.82, 2.24) is 5.32 Å². The number of hydrogen-bond donors (Lipinski definition) is 1. The first-order chi connectivity index (χ1) is 9.50. The molecule has 0 atom stereocenters. The summed E-state index contributed by atoms with van der Waals surface area (Å²) in [5.74, 6) is 1.06. The van der Waals surface area contributed by atoms with Gasteiger partial charge in [-0.25, -0.2) is 0 Å². The van der Waals surface area contributed by atoms with E-state index in [2.05, 4.69) is 72.8 Å². The average molecular weight is 287 g/mol. The maximum absolute atomic E-state index is 6.27. The van der Waals surface area contributed by atoms with Gasteiger partial charge in [0.05, 0.1) is 6.54 Å². The average Bonchev–Trinajstić information content (AvgIpc) is 2.63. The second-order valence-electron chi connectivity index (χ2n) is 8.14. The van der Waals surface area contributed by atoms with Gasteiger partial charge in [-0.05, 0) is 51.2 Å². The van der Waals surface area contributed by atoms with Crippen molar-refractivity contribution < 1.29 is 4.42 Å². The fourth-order valence-corrected chi connectivity index (χ4v) is 2.70. The Kier molecular flexibility index (Phi) is 3.96. The summed E-state index contributed by atoms with van der Waals surface area (Å²) in [7, 11) is 0. The molecule has 1 N–H and O–H groups in total. The van der Waals surface area contributed by atoms with Crippen molar-refractivity contribution in [3.8, 4) is 0 Å². The van der Waals surface area contributed by atoms with Crippen LogP contribution in [0.4, 0.5) is 0 Å². The van der Waals surface area contributed by atoms with Crippen LogP contribution in [0.3, 0.4) is 0 Å². The highest BCUT2D eigenvalue weighted by atomic mass is 16.3. The zero-order valence-electron chi connectivity index (χ0n) is 14.8. The van der Waals surface area contributed by atoms with Gasteiger partial charge in [-0.15, -0.1) is 0 Å². The summed E-state index contributed by atoms with van der Waals surface area (Å²) in [6, 6.07) is 4.42. The largest absolute Gasteiger partial charge is 0.459 e. The van der Waals surface area contributed by atoms with Gasteiger partial charge < -0.3 is 9.73 Å². The van der Waals surface area contributed by atoms with Crippen LogP contribution < -0.4 is 5.32 Å². The normalized spacial score (nSPS) is 13.1. The highest BCUT2D eigenvalue weighted by Gasteiger charge is 2.23. The van der Waals surface area contributed by atoms with Gasteiger partial charge in [-0.2, -0.15) is 0 Å². The number of aryl methyl sites for hydroxylation is 2. The maximum atomic E-state index is 6.27. The van der Waals surface area contributed by atoms with Gasteiger partial charge in [0, 0.05) is 16.5 Å². The number of hydrogen-bond acceptors (Lipinski definition) is 2. The molecule has 2 aromatic rings. The Balaban J connectivity index is 2.56. The predicted molar refractivity (Wildman–Crippen MR) is 91.0 cm³/mol. The van der Waals surface area contributed by atoms with Crippen LogP contribution in [0.2, 0.25) is 0 Å². The second kappa shape index (κ2) is 5.17. The van der Waals surface area contributed by atoms with Crippen LogP contribution in [-0.4, -0.2) is 5.54 Å². The lowest BCUT2D eigenvalue weighted by atomic mass is 9.85. The van der Waals surface area contributed by atoms with E-state index in [0.717, 1.165) is 17.9 Å². The van der Waals surface area contributed by atoms with Crippen LogP contribution >= 0.6 is 0 Å². The van der Waals surface area contributed by atoms with Crippen LogP contribution in [0.25, 0.3) is 11.0 Å². The van der Waals surface area contributed by atoms with E-state index in [-0.39, 0.29) is 11.0 Å². The molecule has 1 aromatic heterocycles. The Morgan fingerprint density at radius 3 is 2.14 bits per heavy atom. The summed E-state index contributed by atoms with van der Waals surface area (Å²) in [5.41, 5.74) is 5.09. The molecule has 0 fully saturated rings. The molecule has 0 aliphatic rings. The van der Waals surface area contributed by atoms with Crippen LogP contribution in [0.5, 0.6) is 0 Å². The molecular weight excluding hydrogens is 258 g/mol. The summed E-state index contributed by atoms with van der Waals surface area (Å²) >= 11 is 0. The van der Waals surface area contributed by atoms with E-state index in [1.54, 1.807) is 0 Å². The van der Waals surface area contributed by atoms with Crippen molar-refractivity contribution >= 4 is 11.0 Å². The van der Waals surface area contributed by atoms with E-state index in [4.69, 9.17) is 4.42 Å². The van der Waals surface area contributed by atoms with E-state index in [1.165, 1.54) is 22.1 Å². The third kappa shape index (κ3) is 3.32. The molecule has 0 bridgehead atoms. The molecule has 0 amide bonds. The lowest BCUT2D eigenvalue weighted by Crippen LogP contribution is -2.35. The summed E-state index contributed by atoms with van der Waals surface area (Å²) in [4.78, 5) is 0. The summed E-state index contributed by atoms with van der Waals surface area (Å²) in [6.45, 7) is 18.4. The Morgan fingerprint density at radius 1 is 1.00 bits per heavy atom. The summed E-state index contributed by atoms with van der Waals surface area (Å²) in [6.07, 6.45) is 0. The Morgan fingerprint density at radius 2 is 1.62 bits per heavy atom. The highest BCUT2D eigenvalue weighted by molar-refractivity contribution is 5.88. The van der Waals surface area contributed by atoms with E-state index in [0.29, 0.717) is 0 Å². The van der Waals surface area contributed by atoms with Crippen molar-refractivity contribution in [3.63, 3.8) is 0 Å². The second-order valence-corrected chi connectivity index (χ2v) is 8.14. The third-order valence-corrected chi connectivity index (χ3v) is 3.97. The first-order valence-electron chi connectivity index (χ1n) is 7.78. The zero-order chi connectivity index (χ0) is 16.0. The molecular formula is C19H29NO. The molecule has 2 rings (SSSR count). The molecule has 0 saturated heterocycles. The standard InChI is InChI=1S/C19H29NO/c1-12-9-10-14(18(3,4)5)17-16(12)13(2)15(21-17)11-20-19(6,7)8/h9-10,20H,11H2,1-8H3. The van der Waals surface area contributed by atoms with Gasteiger partial charge in [-0.3, -0.25) is 0 Å². The van der Waals surface area contributed by atoms with Crippen LogP contribution in [0, 0.1) is 13.8 Å². The Labute approximate surface area is 128 Å². The topological polar surface area (TPSA) is 25.2 Å². The molecule has 0 saturated carbocycles. The lowest BCUT2D eigenvalue weighted by Gasteiger charge is -2.20. The van der Waals surface area contributed by atoms with Crippen molar-refractivity contribution in [3.05, 3.63) is 34.6 Å². The quantitative estimate of drug-likeness (QED) is 0.817. The van der Waals surface area contributed by atoms with Crippen molar-refractivity contribution in [2.45, 2.75) is 72.9 Å². The van der Waals surface area contributed by atoms with Crippen molar-refractivity contribution in [2.75, 3.05) is 0 Å². The number of nitrogens with one attached hydrogen (secondary N) is 1. The summed E-state index contributed by atoms with van der Waals surface area (Å²) < 4.78 is 6.27. The molecule has 1 aromatic carbocycles. The molecule has 0 aliphatic carbocycles. The predicted octanol–water partition coefficient (Wildman–Crippen LogP) is 5.24. The first-order valence-corrected chi connectivity index (χ1v) is 7.78. The number of furan rings is 1. The van der Waals surface area contributed by atoms with Gasteiger partial charge in [0.15, 0.2) is 0 Å². The zero-order valence-corrected chi connectivity index (χ0v) is 14.8. The van der Waals surface area contributed by atoms with Gasteiger partial charge in [0.1, 0.15) is 11.3 Å². The number of fused-ring (bicyclic) bond motifs is 1. The monoisotopic (exact) mass is 287 g/mol. The van der Waals surface area contributed by atoms with Gasteiger partial charge in [0.25, 0.3) is 0 Å². The first kappa shape index (κ1) is 16.1. The smallest absolute Gasteiger partial charge is 0.138 e. The van der Waals surface area contributed by atoms with E-state index >= 15 is 0 Å². The molecule has 21 heavy (non-hydrogen) atoms. The minimum Gasteiger partial charge on any atom is -0.459 e. The SMILES string of the molecule is Cc1ccc(C(C)(C)C)c2oc(CNC(C)(C)C)c(C)c12. The van der Waals surface area contributed by atoms with E-state index < -0.39 is 0 Å². The highest BCUT2D eigenvalue weighted by Crippen LogP contribution is 2.36. The molecule has 116 valence electrons. The molecule has 0 unspecified atom stereocenters. The lowest BCUT2D eigenvalue weighted by molar-refractivity contribution is 0.393. The van der Waals surface area contributed by atoms with E-state index in [1.807, 2.05) is 0 Å². The molecule has 0 spiro atoms. The van der Waals surface area contributed by atoms with Crippen molar-refractivity contribution in [1.29, 1.82) is 0 Å². The van der Waals surface area contributed by atoms with Crippen LogP contribution in [-0.2, 0) is 12.0 Å².